The lowest BCUT2D eigenvalue weighted by molar-refractivity contribution is -0.113. The molecule has 2 aromatic carbocycles. The minimum absolute atomic E-state index is 0.0606. The first-order valence-electron chi connectivity index (χ1n) is 7.96. The molecule has 7 nitrogen and oxygen atoms in total. The van der Waals surface area contributed by atoms with Gasteiger partial charge in [-0.05, 0) is 37.3 Å². The Morgan fingerprint density at radius 1 is 1.23 bits per heavy atom. The van der Waals surface area contributed by atoms with E-state index in [0.29, 0.717) is 28.5 Å². The van der Waals surface area contributed by atoms with Crippen molar-refractivity contribution in [2.45, 2.75) is 11.8 Å². The molecule has 0 aliphatic carbocycles. The summed E-state index contributed by atoms with van der Waals surface area (Å²) in [5.74, 6) is 1.39. The van der Waals surface area contributed by atoms with Crippen LogP contribution in [0.25, 0.3) is 11.4 Å². The van der Waals surface area contributed by atoms with Crippen LogP contribution < -0.4 is 10.6 Å². The maximum absolute atomic E-state index is 12.6. The summed E-state index contributed by atoms with van der Waals surface area (Å²) in [5.41, 5.74) is 2.60. The van der Waals surface area contributed by atoms with Gasteiger partial charge in [0, 0.05) is 21.7 Å². The Morgan fingerprint density at radius 3 is 2.92 bits per heavy atom. The molecular weight excluding hydrogens is 350 g/mol. The molecule has 2 heterocycles. The predicted molar refractivity (Wildman–Crippen MR) is 100 cm³/mol. The fourth-order valence-corrected chi connectivity index (χ4v) is 3.42. The minimum Gasteiger partial charge on any atom is -0.324 e. The number of aromatic amines is 1. The van der Waals surface area contributed by atoms with Crippen molar-refractivity contribution in [3.8, 4) is 11.4 Å². The molecule has 8 heteroatoms. The molecule has 0 radical (unpaired) electrons. The van der Waals surface area contributed by atoms with Gasteiger partial charge in [-0.15, -0.1) is 11.8 Å². The monoisotopic (exact) mass is 365 g/mol. The van der Waals surface area contributed by atoms with Crippen LogP contribution in [0.3, 0.4) is 0 Å². The Hall–Kier alpha value is -3.13. The largest absolute Gasteiger partial charge is 0.324 e. The van der Waals surface area contributed by atoms with Crippen LogP contribution >= 0.6 is 11.8 Å². The fourth-order valence-electron chi connectivity index (χ4n) is 2.64. The number of hydrogen-bond acceptors (Lipinski definition) is 5. The van der Waals surface area contributed by atoms with Gasteiger partial charge < -0.3 is 10.6 Å². The van der Waals surface area contributed by atoms with Crippen LogP contribution in [0.1, 0.15) is 16.2 Å². The number of carbonyl (C=O) groups excluding carboxylic acids is 2. The molecule has 4 rings (SSSR count). The summed E-state index contributed by atoms with van der Waals surface area (Å²) in [7, 11) is 0. The van der Waals surface area contributed by atoms with Gasteiger partial charge in [0.1, 0.15) is 5.82 Å². The highest BCUT2D eigenvalue weighted by molar-refractivity contribution is 8.00. The van der Waals surface area contributed by atoms with Crippen LogP contribution in [0, 0.1) is 6.92 Å². The van der Waals surface area contributed by atoms with E-state index in [9.17, 15) is 9.59 Å². The Labute approximate surface area is 153 Å². The molecular formula is C18H15N5O2S. The van der Waals surface area contributed by atoms with E-state index in [1.165, 1.54) is 11.8 Å². The number of carbonyl (C=O) groups is 2. The summed E-state index contributed by atoms with van der Waals surface area (Å²) in [4.78, 5) is 29.3. The van der Waals surface area contributed by atoms with E-state index in [0.717, 1.165) is 16.3 Å². The zero-order chi connectivity index (χ0) is 18.1. The lowest BCUT2D eigenvalue weighted by Gasteiger charge is -2.17. The molecule has 0 spiro atoms. The molecule has 130 valence electrons. The quantitative estimate of drug-likeness (QED) is 0.662. The minimum atomic E-state index is -0.249. The number of benzene rings is 2. The van der Waals surface area contributed by atoms with Gasteiger partial charge in [0.05, 0.1) is 11.4 Å². The Kier molecular flexibility index (Phi) is 4.18. The molecule has 0 saturated heterocycles. The molecule has 3 N–H and O–H groups in total. The fraction of sp³-hybridized carbons (Fsp3) is 0.111. The van der Waals surface area contributed by atoms with Gasteiger partial charge >= 0.3 is 0 Å². The maximum Gasteiger partial charge on any atom is 0.255 e. The zero-order valence-electron chi connectivity index (χ0n) is 13.9. The van der Waals surface area contributed by atoms with Crippen LogP contribution in [0.2, 0.25) is 0 Å². The normalized spacial score (nSPS) is 13.0. The van der Waals surface area contributed by atoms with Crippen LogP contribution in [0.4, 0.5) is 11.4 Å². The van der Waals surface area contributed by atoms with Crippen LogP contribution in [-0.2, 0) is 4.79 Å². The third kappa shape index (κ3) is 3.31. The second-order valence-electron chi connectivity index (χ2n) is 5.83. The lowest BCUT2D eigenvalue weighted by atomic mass is 10.1. The Bertz CT molecular complexity index is 1010. The molecule has 2 amide bonds. The van der Waals surface area contributed by atoms with Gasteiger partial charge in [-0.1, -0.05) is 12.1 Å². The number of aryl methyl sites for hydroxylation is 1. The number of nitrogens with zero attached hydrogens (tertiary/aromatic N) is 2. The molecule has 0 bridgehead atoms. The summed E-state index contributed by atoms with van der Waals surface area (Å²) < 4.78 is 0. The van der Waals surface area contributed by atoms with Gasteiger partial charge in [-0.25, -0.2) is 4.98 Å². The molecule has 3 aromatic rings. The second-order valence-corrected chi connectivity index (χ2v) is 6.84. The second kappa shape index (κ2) is 6.64. The molecule has 0 fully saturated rings. The van der Waals surface area contributed by atoms with Gasteiger partial charge in [0.25, 0.3) is 5.91 Å². The first-order valence-corrected chi connectivity index (χ1v) is 8.94. The highest BCUT2D eigenvalue weighted by Crippen LogP contribution is 2.32. The average Bonchev–Trinajstić information content (AvgIpc) is 3.08. The number of anilines is 2. The summed E-state index contributed by atoms with van der Waals surface area (Å²) >= 11 is 1.46. The van der Waals surface area contributed by atoms with Crippen LogP contribution in [0.15, 0.2) is 47.4 Å². The zero-order valence-corrected chi connectivity index (χ0v) is 14.7. The van der Waals surface area contributed by atoms with Crippen LogP contribution in [0.5, 0.6) is 0 Å². The number of fused-ring (bicyclic) bond motifs is 1. The van der Waals surface area contributed by atoms with Crippen LogP contribution in [-0.4, -0.2) is 32.7 Å². The van der Waals surface area contributed by atoms with Gasteiger partial charge in [0.2, 0.25) is 5.91 Å². The van der Waals surface area contributed by atoms with Crippen molar-refractivity contribution in [3.63, 3.8) is 0 Å². The number of thioether (sulfide) groups is 1. The van der Waals surface area contributed by atoms with Crippen molar-refractivity contribution in [3.05, 3.63) is 53.9 Å². The van der Waals surface area contributed by atoms with E-state index in [1.807, 2.05) is 31.2 Å². The number of nitrogens with one attached hydrogen (secondary N) is 3. The predicted octanol–water partition coefficient (Wildman–Crippen LogP) is 3.08. The van der Waals surface area contributed by atoms with E-state index < -0.39 is 0 Å². The number of amides is 2. The summed E-state index contributed by atoms with van der Waals surface area (Å²) in [6.45, 7) is 1.83. The van der Waals surface area contributed by atoms with Crippen molar-refractivity contribution in [2.24, 2.45) is 0 Å². The van der Waals surface area contributed by atoms with E-state index >= 15 is 0 Å². The molecule has 1 aromatic heterocycles. The molecule has 0 saturated carbocycles. The van der Waals surface area contributed by atoms with Crippen molar-refractivity contribution in [2.75, 3.05) is 16.4 Å². The molecule has 1 aliphatic heterocycles. The van der Waals surface area contributed by atoms with Crippen molar-refractivity contribution in [1.29, 1.82) is 0 Å². The molecule has 1 aliphatic rings. The van der Waals surface area contributed by atoms with E-state index in [-0.39, 0.29) is 11.8 Å². The first kappa shape index (κ1) is 16.3. The highest BCUT2D eigenvalue weighted by Gasteiger charge is 2.17. The summed E-state index contributed by atoms with van der Waals surface area (Å²) in [5, 5.41) is 12.6. The number of hydrogen-bond donors (Lipinski definition) is 3. The SMILES string of the molecule is Cc1nc(-c2cccc(NC(=O)c3ccc4c(c3)NC(=O)CS4)c2)n[nH]1. The number of rotatable bonds is 3. The van der Waals surface area contributed by atoms with E-state index in [4.69, 9.17) is 0 Å². The Balaban J connectivity index is 1.55. The average molecular weight is 365 g/mol. The van der Waals surface area contributed by atoms with Gasteiger partial charge in [-0.2, -0.15) is 5.10 Å². The number of aromatic nitrogens is 3. The number of H-pyrrole nitrogens is 1. The van der Waals surface area contributed by atoms with E-state index in [2.05, 4.69) is 25.8 Å². The van der Waals surface area contributed by atoms with Crippen molar-refractivity contribution < 1.29 is 9.59 Å². The maximum atomic E-state index is 12.6. The van der Waals surface area contributed by atoms with E-state index in [1.54, 1.807) is 18.2 Å². The van der Waals surface area contributed by atoms with Crippen molar-refractivity contribution >= 4 is 35.0 Å². The first-order chi connectivity index (χ1) is 12.6. The van der Waals surface area contributed by atoms with Gasteiger partial charge in [-0.3, -0.25) is 14.7 Å². The van der Waals surface area contributed by atoms with Crippen molar-refractivity contribution in [1.82, 2.24) is 15.2 Å². The van der Waals surface area contributed by atoms with Gasteiger partial charge in [0.15, 0.2) is 5.82 Å². The molecule has 0 atom stereocenters. The summed E-state index contributed by atoms with van der Waals surface area (Å²) in [6, 6.07) is 12.6. The molecule has 26 heavy (non-hydrogen) atoms. The highest BCUT2D eigenvalue weighted by atomic mass is 32.2. The summed E-state index contributed by atoms with van der Waals surface area (Å²) in [6.07, 6.45) is 0. The molecule has 0 unspecified atom stereocenters. The lowest BCUT2D eigenvalue weighted by Crippen LogP contribution is -2.19. The standard InChI is InChI=1S/C18H15N5O2S/c1-10-19-17(23-22-10)11-3-2-4-13(7-11)20-18(25)12-5-6-15-14(8-12)21-16(24)9-26-15/h2-8H,9H2,1H3,(H,20,25)(H,21,24)(H,19,22,23). The smallest absolute Gasteiger partial charge is 0.255 e. The topological polar surface area (TPSA) is 99.8 Å². The Morgan fingerprint density at radius 2 is 2.12 bits per heavy atom. The third-order valence-electron chi connectivity index (χ3n) is 3.85. The third-order valence-corrected chi connectivity index (χ3v) is 4.92.